The molecule has 1 aliphatic rings. The molecule has 242 valence electrons. The van der Waals surface area contributed by atoms with E-state index >= 15 is 0 Å². The molecular formula is C35H42N6O5. The number of nitrogens with zero attached hydrogens (tertiary/aromatic N) is 5. The Bertz CT molecular complexity index is 1920. The lowest BCUT2D eigenvalue weighted by Crippen LogP contribution is -2.41. The lowest BCUT2D eigenvalue weighted by atomic mass is 9.77. The van der Waals surface area contributed by atoms with E-state index < -0.39 is 11.4 Å². The summed E-state index contributed by atoms with van der Waals surface area (Å²) in [5, 5.41) is 18.8. The van der Waals surface area contributed by atoms with E-state index in [4.69, 9.17) is 9.26 Å². The third-order valence-electron chi connectivity index (χ3n) is 9.44. The first-order chi connectivity index (χ1) is 22.1. The van der Waals surface area contributed by atoms with Crippen LogP contribution in [0.4, 0.5) is 0 Å². The number of aliphatic hydroxyl groups is 1. The third kappa shape index (κ3) is 6.34. The normalized spacial score (nSPS) is 18.8. The van der Waals surface area contributed by atoms with Gasteiger partial charge in [-0.1, -0.05) is 67.0 Å². The van der Waals surface area contributed by atoms with Crippen molar-refractivity contribution in [3.8, 4) is 22.5 Å². The first-order valence-electron chi connectivity index (χ1n) is 16.1. The molecule has 0 radical (unpaired) electrons. The number of aryl methyl sites for hydroxylation is 1. The monoisotopic (exact) mass is 626 g/mol. The van der Waals surface area contributed by atoms with Crippen LogP contribution < -0.4 is 11.3 Å². The minimum absolute atomic E-state index is 0.0141. The Morgan fingerprint density at radius 2 is 1.80 bits per heavy atom. The molecule has 0 amide bonds. The maximum absolute atomic E-state index is 14.4. The first-order valence-corrected chi connectivity index (χ1v) is 16.1. The van der Waals surface area contributed by atoms with Crippen LogP contribution in [0.5, 0.6) is 0 Å². The lowest BCUT2D eigenvalue weighted by Gasteiger charge is -2.41. The van der Waals surface area contributed by atoms with Crippen LogP contribution >= 0.6 is 0 Å². The molecule has 6 rings (SSSR count). The molecule has 2 N–H and O–H groups in total. The van der Waals surface area contributed by atoms with E-state index in [2.05, 4.69) is 27.1 Å². The maximum atomic E-state index is 14.4. The molecule has 3 heterocycles. The third-order valence-corrected chi connectivity index (χ3v) is 9.44. The average Bonchev–Trinajstić information content (AvgIpc) is 3.72. The Morgan fingerprint density at radius 3 is 2.43 bits per heavy atom. The van der Waals surface area contributed by atoms with Gasteiger partial charge in [-0.15, -0.1) is 0 Å². The molecule has 11 heteroatoms. The zero-order valence-corrected chi connectivity index (χ0v) is 27.0. The van der Waals surface area contributed by atoms with Crippen LogP contribution in [0, 0.1) is 0 Å². The molecule has 11 nitrogen and oxygen atoms in total. The Hall–Kier alpha value is -4.35. The number of hydrogen-bond donors (Lipinski definition) is 2. The number of fused-ring (bicyclic) bond motifs is 1. The number of hydrogen-bond acceptors (Lipinski definition) is 8. The van der Waals surface area contributed by atoms with Crippen molar-refractivity contribution in [2.45, 2.75) is 95.8 Å². The Balaban J connectivity index is 1.32. The second-order valence-electron chi connectivity index (χ2n) is 13.1. The first kappa shape index (κ1) is 31.6. The van der Waals surface area contributed by atoms with E-state index in [9.17, 15) is 14.7 Å². The van der Waals surface area contributed by atoms with Gasteiger partial charge in [0.15, 0.2) is 5.82 Å². The highest BCUT2D eigenvalue weighted by atomic mass is 16.5. The fourth-order valence-electron chi connectivity index (χ4n) is 6.85. The van der Waals surface area contributed by atoms with Gasteiger partial charge >= 0.3 is 5.76 Å². The Morgan fingerprint density at radius 1 is 1.09 bits per heavy atom. The predicted octanol–water partition coefficient (Wildman–Crippen LogP) is 5.50. The quantitative estimate of drug-likeness (QED) is 0.196. The highest BCUT2D eigenvalue weighted by Gasteiger charge is 2.38. The van der Waals surface area contributed by atoms with Crippen molar-refractivity contribution in [1.82, 2.24) is 29.3 Å². The van der Waals surface area contributed by atoms with Gasteiger partial charge in [0.2, 0.25) is 5.78 Å². The van der Waals surface area contributed by atoms with Gasteiger partial charge in [-0.3, -0.25) is 18.9 Å². The SMILES string of the molecule is CCCc1c(Cc2ccc(-c3ccccc3-c3noc(=O)[nH]3)cc2)c(=O)n([C@H]2CC[C@@](CCC(C)(C)O)(OC)CC2)c2ncnn12. The molecule has 0 bridgehead atoms. The molecule has 0 unspecified atom stereocenters. The van der Waals surface area contributed by atoms with Gasteiger partial charge < -0.3 is 9.84 Å². The minimum atomic E-state index is -0.754. The van der Waals surface area contributed by atoms with Gasteiger partial charge in [-0.05, 0) is 75.5 Å². The minimum Gasteiger partial charge on any atom is -0.390 e. The number of rotatable bonds is 11. The van der Waals surface area contributed by atoms with Crippen LogP contribution in [0.3, 0.4) is 0 Å². The summed E-state index contributed by atoms with van der Waals surface area (Å²) >= 11 is 0. The number of methoxy groups -OCH3 is 1. The summed E-state index contributed by atoms with van der Waals surface area (Å²) in [5.74, 6) is 0.356. The maximum Gasteiger partial charge on any atom is 0.439 e. The molecule has 0 atom stereocenters. The fraction of sp³-hybridized carbons (Fsp3) is 0.457. The number of H-pyrrole nitrogens is 1. The number of ether oxygens (including phenoxy) is 1. The molecule has 0 aliphatic heterocycles. The van der Waals surface area contributed by atoms with Crippen molar-refractivity contribution in [3.05, 3.63) is 92.6 Å². The number of nitrogens with one attached hydrogen (secondary N) is 1. The number of aromatic nitrogens is 6. The van der Waals surface area contributed by atoms with Crippen LogP contribution in [0.2, 0.25) is 0 Å². The largest absolute Gasteiger partial charge is 0.439 e. The zero-order valence-electron chi connectivity index (χ0n) is 27.0. The van der Waals surface area contributed by atoms with E-state index in [1.54, 1.807) is 7.11 Å². The van der Waals surface area contributed by atoms with Crippen molar-refractivity contribution in [2.24, 2.45) is 0 Å². The summed E-state index contributed by atoms with van der Waals surface area (Å²) in [6, 6.07) is 15.8. The second-order valence-corrected chi connectivity index (χ2v) is 13.1. The standard InChI is InChI=1S/C35H42N6O5/c1-5-8-29-28(21-23-11-13-24(14-12-23)26-9-6-7-10-27(26)30-38-33(43)46-39-30)31(42)40(32-36-22-37-41(29)32)25-15-17-35(45-4,18-16-25)20-19-34(2,3)44/h6-7,9-14,22,25,44H,5,8,15-21H2,1-4H3,(H,38,39,43)/t25-,35+. The molecule has 5 aromatic rings. The molecule has 1 aliphatic carbocycles. The van der Waals surface area contributed by atoms with Gasteiger partial charge in [0.05, 0.1) is 16.9 Å². The van der Waals surface area contributed by atoms with Crippen LogP contribution in [0.15, 0.2) is 69.0 Å². The molecule has 0 saturated heterocycles. The smallest absolute Gasteiger partial charge is 0.390 e. The van der Waals surface area contributed by atoms with E-state index in [-0.39, 0.29) is 17.2 Å². The highest BCUT2D eigenvalue weighted by molar-refractivity contribution is 5.80. The Labute approximate surface area is 267 Å². The summed E-state index contributed by atoms with van der Waals surface area (Å²) in [7, 11) is 1.75. The summed E-state index contributed by atoms with van der Waals surface area (Å²) in [4.78, 5) is 33.2. The van der Waals surface area contributed by atoms with Crippen molar-refractivity contribution in [3.63, 3.8) is 0 Å². The van der Waals surface area contributed by atoms with Crippen LogP contribution in [-0.2, 0) is 17.6 Å². The molecular weight excluding hydrogens is 584 g/mol. The Kier molecular flexibility index (Phi) is 8.80. The lowest BCUT2D eigenvalue weighted by molar-refractivity contribution is -0.0684. The summed E-state index contributed by atoms with van der Waals surface area (Å²) in [6.45, 7) is 5.76. The van der Waals surface area contributed by atoms with Crippen molar-refractivity contribution in [2.75, 3.05) is 7.11 Å². The van der Waals surface area contributed by atoms with Crippen molar-refractivity contribution in [1.29, 1.82) is 0 Å². The van der Waals surface area contributed by atoms with Crippen molar-refractivity contribution >= 4 is 5.78 Å². The van der Waals surface area contributed by atoms with Crippen molar-refractivity contribution < 1.29 is 14.4 Å². The van der Waals surface area contributed by atoms with Gasteiger partial charge in [0.1, 0.15) is 6.33 Å². The van der Waals surface area contributed by atoms with Crippen LogP contribution in [0.1, 0.15) is 88.6 Å². The molecule has 2 aromatic carbocycles. The van der Waals surface area contributed by atoms with E-state index in [0.717, 1.165) is 72.0 Å². The van der Waals surface area contributed by atoms with Gasteiger partial charge in [0.25, 0.3) is 5.56 Å². The molecule has 1 saturated carbocycles. The molecule has 46 heavy (non-hydrogen) atoms. The second kappa shape index (κ2) is 12.8. The summed E-state index contributed by atoms with van der Waals surface area (Å²) < 4.78 is 14.5. The highest BCUT2D eigenvalue weighted by Crippen LogP contribution is 2.41. The molecule has 1 fully saturated rings. The van der Waals surface area contributed by atoms with Gasteiger partial charge in [-0.25, -0.2) is 9.31 Å². The van der Waals surface area contributed by atoms with E-state index in [1.165, 1.54) is 6.33 Å². The van der Waals surface area contributed by atoms with Crippen LogP contribution in [0.25, 0.3) is 28.3 Å². The van der Waals surface area contributed by atoms with E-state index in [1.807, 2.05) is 71.5 Å². The van der Waals surface area contributed by atoms with Gasteiger partial charge in [0, 0.05) is 30.7 Å². The fourth-order valence-corrected chi connectivity index (χ4v) is 6.85. The topological polar surface area (TPSA) is 141 Å². The van der Waals surface area contributed by atoms with Crippen LogP contribution in [-0.4, -0.2) is 52.7 Å². The van der Waals surface area contributed by atoms with Gasteiger partial charge in [-0.2, -0.15) is 10.1 Å². The zero-order chi connectivity index (χ0) is 32.5. The van der Waals surface area contributed by atoms with E-state index in [0.29, 0.717) is 30.9 Å². The summed E-state index contributed by atoms with van der Waals surface area (Å²) in [6.07, 6.45) is 8.15. The number of benzene rings is 2. The molecule has 3 aromatic heterocycles. The molecule has 0 spiro atoms. The number of aromatic amines is 1. The summed E-state index contributed by atoms with van der Waals surface area (Å²) in [5.41, 5.74) is 4.18. The predicted molar refractivity (Wildman–Crippen MR) is 175 cm³/mol. The average molecular weight is 627 g/mol.